The Morgan fingerprint density at radius 2 is 2.07 bits per heavy atom. The van der Waals surface area contributed by atoms with E-state index in [0.717, 1.165) is 51.3 Å². The van der Waals surface area contributed by atoms with Crippen molar-refractivity contribution in [2.75, 3.05) is 26.2 Å². The zero-order chi connectivity index (χ0) is 19.9. The second kappa shape index (κ2) is 10.0. The van der Waals surface area contributed by atoms with Crippen molar-refractivity contribution in [3.05, 3.63) is 48.4 Å². The molecule has 2 fully saturated rings. The molecule has 4 rings (SSSR count). The molecule has 0 unspecified atom stereocenters. The Morgan fingerprint density at radius 1 is 1.17 bits per heavy atom. The predicted octanol–water partition coefficient (Wildman–Crippen LogP) is 3.16. The molecule has 2 aliphatic rings. The number of carbonyl (C=O) groups is 1. The van der Waals surface area contributed by atoms with Gasteiger partial charge in [-0.05, 0) is 75.4 Å². The number of ether oxygens (including phenoxy) is 1. The van der Waals surface area contributed by atoms with E-state index in [2.05, 4.69) is 38.1 Å². The van der Waals surface area contributed by atoms with Gasteiger partial charge < -0.3 is 14.6 Å². The van der Waals surface area contributed by atoms with Crippen molar-refractivity contribution in [1.29, 1.82) is 0 Å². The van der Waals surface area contributed by atoms with E-state index in [0.29, 0.717) is 18.9 Å². The Morgan fingerprint density at radius 3 is 2.83 bits per heavy atom. The van der Waals surface area contributed by atoms with Crippen LogP contribution in [0.2, 0.25) is 0 Å². The van der Waals surface area contributed by atoms with E-state index in [-0.39, 0.29) is 12.0 Å². The van der Waals surface area contributed by atoms with Crippen molar-refractivity contribution in [1.82, 2.24) is 19.8 Å². The van der Waals surface area contributed by atoms with E-state index in [4.69, 9.17) is 4.74 Å². The molecule has 1 amide bonds. The molecule has 0 spiro atoms. The number of nitrogens with zero attached hydrogens (tertiary/aromatic N) is 3. The standard InChI is InChI=1S/C23H32N4O2/c28-23(25-17-21-6-4-16-29-21)9-8-19-10-14-26(15-11-19)18-20-5-3-13-27(20)22-7-1-2-12-24-22/h1-3,5,7,12-13,19,21H,4,6,8-11,14-18H2,(H,25,28)/t21-/m1/s1. The molecule has 0 bridgehead atoms. The molecule has 2 aromatic rings. The van der Waals surface area contributed by atoms with Crippen LogP contribution < -0.4 is 5.32 Å². The normalized spacial score (nSPS) is 20.8. The fourth-order valence-corrected chi connectivity index (χ4v) is 4.38. The lowest BCUT2D eigenvalue weighted by Gasteiger charge is -2.32. The fourth-order valence-electron chi connectivity index (χ4n) is 4.38. The highest BCUT2D eigenvalue weighted by atomic mass is 16.5. The van der Waals surface area contributed by atoms with Crippen LogP contribution in [0.25, 0.3) is 5.82 Å². The number of likely N-dealkylation sites (tertiary alicyclic amines) is 1. The molecular formula is C23H32N4O2. The molecule has 0 saturated carbocycles. The summed E-state index contributed by atoms with van der Waals surface area (Å²) >= 11 is 0. The molecule has 6 nitrogen and oxygen atoms in total. The van der Waals surface area contributed by atoms with Crippen molar-refractivity contribution in [2.45, 2.75) is 51.2 Å². The number of pyridine rings is 1. The Bertz CT molecular complexity index is 762. The molecule has 2 aliphatic heterocycles. The van der Waals surface area contributed by atoms with Crippen LogP contribution >= 0.6 is 0 Å². The van der Waals surface area contributed by atoms with Crippen LogP contribution in [0.1, 0.15) is 44.2 Å². The van der Waals surface area contributed by atoms with Gasteiger partial charge in [0.2, 0.25) is 5.91 Å². The summed E-state index contributed by atoms with van der Waals surface area (Å²) < 4.78 is 7.73. The molecule has 0 aromatic carbocycles. The summed E-state index contributed by atoms with van der Waals surface area (Å²) in [6.45, 7) is 4.64. The minimum Gasteiger partial charge on any atom is -0.376 e. The van der Waals surface area contributed by atoms with Gasteiger partial charge >= 0.3 is 0 Å². The van der Waals surface area contributed by atoms with Crippen LogP contribution in [-0.4, -0.2) is 52.7 Å². The lowest BCUT2D eigenvalue weighted by molar-refractivity contribution is -0.122. The van der Waals surface area contributed by atoms with Gasteiger partial charge in [0.05, 0.1) is 6.10 Å². The minimum atomic E-state index is 0.177. The Hall–Kier alpha value is -2.18. The van der Waals surface area contributed by atoms with Crippen molar-refractivity contribution in [3.8, 4) is 5.82 Å². The zero-order valence-electron chi connectivity index (χ0n) is 17.1. The van der Waals surface area contributed by atoms with Crippen LogP contribution in [0.4, 0.5) is 0 Å². The molecule has 0 aliphatic carbocycles. The molecule has 1 N–H and O–H groups in total. The first-order chi connectivity index (χ1) is 14.3. The molecular weight excluding hydrogens is 364 g/mol. The molecule has 0 radical (unpaired) electrons. The maximum Gasteiger partial charge on any atom is 0.220 e. The summed E-state index contributed by atoms with van der Waals surface area (Å²) in [5.74, 6) is 1.80. The van der Waals surface area contributed by atoms with Gasteiger partial charge in [0.15, 0.2) is 0 Å². The molecule has 156 valence electrons. The van der Waals surface area contributed by atoms with Gasteiger partial charge in [-0.15, -0.1) is 0 Å². The van der Waals surface area contributed by atoms with Gasteiger partial charge in [0, 0.05) is 44.2 Å². The van der Waals surface area contributed by atoms with E-state index in [1.807, 2.05) is 24.4 Å². The van der Waals surface area contributed by atoms with Gasteiger partial charge in [-0.3, -0.25) is 9.69 Å². The van der Waals surface area contributed by atoms with Crippen molar-refractivity contribution in [3.63, 3.8) is 0 Å². The van der Waals surface area contributed by atoms with Gasteiger partial charge in [0.1, 0.15) is 5.82 Å². The number of hydrogen-bond acceptors (Lipinski definition) is 4. The third-order valence-corrected chi connectivity index (χ3v) is 6.15. The summed E-state index contributed by atoms with van der Waals surface area (Å²) in [4.78, 5) is 19.1. The third-order valence-electron chi connectivity index (χ3n) is 6.15. The fraction of sp³-hybridized carbons (Fsp3) is 0.565. The van der Waals surface area contributed by atoms with E-state index in [1.54, 1.807) is 0 Å². The minimum absolute atomic E-state index is 0.177. The van der Waals surface area contributed by atoms with Crippen LogP contribution in [0, 0.1) is 5.92 Å². The summed E-state index contributed by atoms with van der Waals surface area (Å²) in [6.07, 6.45) is 10.3. The summed E-state index contributed by atoms with van der Waals surface area (Å²) in [5.41, 5.74) is 1.27. The topological polar surface area (TPSA) is 59.4 Å². The molecule has 4 heterocycles. The molecule has 1 atom stereocenters. The third kappa shape index (κ3) is 5.67. The highest BCUT2D eigenvalue weighted by Gasteiger charge is 2.21. The van der Waals surface area contributed by atoms with E-state index < -0.39 is 0 Å². The average molecular weight is 397 g/mol. The van der Waals surface area contributed by atoms with Crippen LogP contribution in [-0.2, 0) is 16.1 Å². The van der Waals surface area contributed by atoms with Crippen LogP contribution in [0.5, 0.6) is 0 Å². The lowest BCUT2D eigenvalue weighted by atomic mass is 9.92. The lowest BCUT2D eigenvalue weighted by Crippen LogP contribution is -2.35. The number of carbonyl (C=O) groups excluding carboxylic acids is 1. The highest BCUT2D eigenvalue weighted by molar-refractivity contribution is 5.75. The summed E-state index contributed by atoms with van der Waals surface area (Å²) in [6, 6.07) is 10.3. The van der Waals surface area contributed by atoms with Gasteiger partial charge in [-0.1, -0.05) is 6.07 Å². The van der Waals surface area contributed by atoms with Crippen LogP contribution in [0.3, 0.4) is 0 Å². The first kappa shape index (κ1) is 20.1. The molecule has 2 saturated heterocycles. The van der Waals surface area contributed by atoms with E-state index in [9.17, 15) is 4.79 Å². The Balaban J connectivity index is 1.17. The first-order valence-corrected chi connectivity index (χ1v) is 11.0. The van der Waals surface area contributed by atoms with Gasteiger partial charge in [-0.2, -0.15) is 0 Å². The number of rotatable bonds is 8. The van der Waals surface area contributed by atoms with E-state index in [1.165, 1.54) is 18.5 Å². The van der Waals surface area contributed by atoms with Crippen molar-refractivity contribution >= 4 is 5.91 Å². The molecule has 2 aromatic heterocycles. The number of hydrogen-bond donors (Lipinski definition) is 1. The second-order valence-electron chi connectivity index (χ2n) is 8.25. The molecule has 6 heteroatoms. The monoisotopic (exact) mass is 396 g/mol. The number of piperidine rings is 1. The summed E-state index contributed by atoms with van der Waals surface area (Å²) in [5, 5.41) is 3.04. The average Bonchev–Trinajstić information content (AvgIpc) is 3.44. The maximum atomic E-state index is 12.1. The number of aromatic nitrogens is 2. The maximum absolute atomic E-state index is 12.1. The van der Waals surface area contributed by atoms with Crippen molar-refractivity contribution < 1.29 is 9.53 Å². The quantitative estimate of drug-likeness (QED) is 0.745. The first-order valence-electron chi connectivity index (χ1n) is 11.0. The largest absolute Gasteiger partial charge is 0.376 e. The van der Waals surface area contributed by atoms with E-state index >= 15 is 0 Å². The predicted molar refractivity (Wildman–Crippen MR) is 113 cm³/mol. The Labute approximate surface area is 173 Å². The number of amides is 1. The highest BCUT2D eigenvalue weighted by Crippen LogP contribution is 2.23. The van der Waals surface area contributed by atoms with Crippen LogP contribution in [0.15, 0.2) is 42.7 Å². The SMILES string of the molecule is O=C(CCC1CCN(Cc2cccn2-c2ccccn2)CC1)NC[C@H]1CCCO1. The second-order valence-corrected chi connectivity index (χ2v) is 8.25. The van der Waals surface area contributed by atoms with Crippen molar-refractivity contribution in [2.24, 2.45) is 5.92 Å². The molecule has 29 heavy (non-hydrogen) atoms. The van der Waals surface area contributed by atoms with Gasteiger partial charge in [0.25, 0.3) is 0 Å². The summed E-state index contributed by atoms with van der Waals surface area (Å²) in [7, 11) is 0. The smallest absolute Gasteiger partial charge is 0.220 e. The zero-order valence-corrected chi connectivity index (χ0v) is 17.1. The number of nitrogens with one attached hydrogen (secondary N) is 1. The van der Waals surface area contributed by atoms with Gasteiger partial charge in [-0.25, -0.2) is 4.98 Å². The Kier molecular flexibility index (Phi) is 6.96.